The van der Waals surface area contributed by atoms with E-state index >= 15 is 0 Å². The molecule has 0 saturated heterocycles. The van der Waals surface area contributed by atoms with E-state index in [1.807, 2.05) is 24.4 Å². The normalized spacial score (nSPS) is 15.2. The number of hydrogen-bond acceptors (Lipinski definition) is 6. The van der Waals surface area contributed by atoms with Gasteiger partial charge in [-0.15, -0.1) is 0 Å². The van der Waals surface area contributed by atoms with Crippen LogP contribution in [0.25, 0.3) is 11.5 Å². The van der Waals surface area contributed by atoms with Gasteiger partial charge >= 0.3 is 0 Å². The van der Waals surface area contributed by atoms with Crippen molar-refractivity contribution in [3.63, 3.8) is 0 Å². The average molecular weight is 452 g/mol. The zero-order valence-corrected chi connectivity index (χ0v) is 16.6. The lowest BCUT2D eigenvalue weighted by atomic mass is 10.0. The highest BCUT2D eigenvalue weighted by atomic mass is 79.9. The Hall–Kier alpha value is -3.51. The number of aromatic hydroxyl groups is 1. The Kier molecular flexibility index (Phi) is 4.86. The van der Waals surface area contributed by atoms with Crippen molar-refractivity contribution in [1.82, 2.24) is 19.9 Å². The van der Waals surface area contributed by atoms with Crippen molar-refractivity contribution in [2.24, 2.45) is 0 Å². The van der Waals surface area contributed by atoms with Crippen LogP contribution in [0.1, 0.15) is 17.5 Å². The Bertz CT molecular complexity index is 1220. The molecular weight excluding hydrogens is 438 g/mol. The van der Waals surface area contributed by atoms with Gasteiger partial charge in [0.2, 0.25) is 5.91 Å². The summed E-state index contributed by atoms with van der Waals surface area (Å²) in [5.74, 6) is -0.415. The van der Waals surface area contributed by atoms with Crippen molar-refractivity contribution < 1.29 is 9.90 Å². The van der Waals surface area contributed by atoms with Crippen LogP contribution in [0, 0.1) is 11.3 Å². The molecule has 0 unspecified atom stereocenters. The molecule has 1 aliphatic carbocycles. The van der Waals surface area contributed by atoms with E-state index in [0.717, 1.165) is 22.0 Å². The van der Waals surface area contributed by atoms with Gasteiger partial charge in [0.15, 0.2) is 5.82 Å². The van der Waals surface area contributed by atoms with Crippen LogP contribution in [0.5, 0.6) is 5.75 Å². The molecule has 0 fully saturated rings. The van der Waals surface area contributed by atoms with Crippen LogP contribution >= 0.6 is 15.9 Å². The molecule has 0 bridgehead atoms. The highest BCUT2D eigenvalue weighted by molar-refractivity contribution is 9.11. The molecule has 144 valence electrons. The number of pyridine rings is 1. The smallest absolute Gasteiger partial charge is 0.254 e. The van der Waals surface area contributed by atoms with E-state index in [0.29, 0.717) is 6.54 Å². The number of fused-ring (bicyclic) bond motifs is 1. The van der Waals surface area contributed by atoms with Gasteiger partial charge in [0.05, 0.1) is 18.5 Å². The Morgan fingerprint density at radius 1 is 1.34 bits per heavy atom. The summed E-state index contributed by atoms with van der Waals surface area (Å²) in [6, 6.07) is 3.10. The Labute approximate surface area is 173 Å². The molecule has 2 aromatic rings. The first-order valence-electron chi connectivity index (χ1n) is 8.69. The summed E-state index contributed by atoms with van der Waals surface area (Å²) in [6.45, 7) is 0.476. The fourth-order valence-electron chi connectivity index (χ4n) is 3.15. The molecule has 0 aromatic carbocycles. The van der Waals surface area contributed by atoms with E-state index < -0.39 is 5.56 Å². The van der Waals surface area contributed by atoms with Gasteiger partial charge in [-0.2, -0.15) is 5.26 Å². The minimum absolute atomic E-state index is 0.0531. The molecule has 0 saturated carbocycles. The lowest BCUT2D eigenvalue weighted by Crippen LogP contribution is -2.28. The van der Waals surface area contributed by atoms with Gasteiger partial charge in [-0.3, -0.25) is 9.59 Å². The zero-order chi connectivity index (χ0) is 20.5. The maximum atomic E-state index is 12.6. The van der Waals surface area contributed by atoms with Gasteiger partial charge in [-0.25, -0.2) is 9.97 Å². The van der Waals surface area contributed by atoms with Gasteiger partial charge in [0.1, 0.15) is 17.5 Å². The van der Waals surface area contributed by atoms with Gasteiger partial charge in [0.25, 0.3) is 5.56 Å². The molecule has 2 aliphatic rings. The number of allylic oxidation sites excluding steroid dienone is 3. The summed E-state index contributed by atoms with van der Waals surface area (Å²) in [5, 5.41) is 18.8. The maximum absolute atomic E-state index is 12.6. The lowest BCUT2D eigenvalue weighted by Gasteiger charge is -2.13. The fourth-order valence-corrected chi connectivity index (χ4v) is 3.58. The average Bonchev–Trinajstić information content (AvgIpc) is 3.12. The number of nitrogens with one attached hydrogen (secondary N) is 1. The largest absolute Gasteiger partial charge is 0.505 e. The number of halogens is 1. The number of aromatic nitrogens is 3. The summed E-state index contributed by atoms with van der Waals surface area (Å²) in [6.07, 6.45) is 9.08. The second kappa shape index (κ2) is 7.48. The summed E-state index contributed by atoms with van der Waals surface area (Å²) < 4.78 is 0.995. The molecule has 0 radical (unpaired) electrons. The molecule has 2 N–H and O–H groups in total. The number of rotatable bonds is 3. The second-order valence-corrected chi connectivity index (χ2v) is 7.52. The van der Waals surface area contributed by atoms with Crippen LogP contribution in [0.3, 0.4) is 0 Å². The maximum Gasteiger partial charge on any atom is 0.254 e. The number of nitriles is 1. The second-order valence-electron chi connectivity index (χ2n) is 6.61. The van der Waals surface area contributed by atoms with Crippen LogP contribution in [0.15, 0.2) is 57.2 Å². The van der Waals surface area contributed by atoms with Crippen LogP contribution in [0.2, 0.25) is 0 Å². The van der Waals surface area contributed by atoms with E-state index in [9.17, 15) is 14.7 Å². The molecule has 3 heterocycles. The third-order valence-electron chi connectivity index (χ3n) is 4.65. The minimum atomic E-state index is -0.484. The monoisotopic (exact) mass is 451 g/mol. The number of aromatic amines is 1. The van der Waals surface area contributed by atoms with Crippen LogP contribution < -0.4 is 5.56 Å². The number of hydrogen-bond donors (Lipinski definition) is 2. The third-order valence-corrected chi connectivity index (χ3v) is 5.20. The van der Waals surface area contributed by atoms with E-state index in [4.69, 9.17) is 5.26 Å². The molecule has 1 amide bonds. The lowest BCUT2D eigenvalue weighted by molar-refractivity contribution is -0.127. The fraction of sp³-hybridized carbons (Fsp3) is 0.150. The van der Waals surface area contributed by atoms with Crippen molar-refractivity contribution in [2.75, 3.05) is 6.54 Å². The summed E-state index contributed by atoms with van der Waals surface area (Å²) in [7, 11) is 0. The topological polar surface area (TPSA) is 123 Å². The predicted octanol–water partition coefficient (Wildman–Crippen LogP) is 2.29. The Morgan fingerprint density at radius 2 is 2.17 bits per heavy atom. The van der Waals surface area contributed by atoms with Crippen molar-refractivity contribution >= 4 is 21.8 Å². The molecule has 2 aromatic heterocycles. The van der Waals surface area contributed by atoms with Gasteiger partial charge in [-0.05, 0) is 23.6 Å². The first-order valence-corrected chi connectivity index (χ1v) is 9.48. The highest BCUT2D eigenvalue weighted by Gasteiger charge is 2.25. The summed E-state index contributed by atoms with van der Waals surface area (Å²) >= 11 is 3.45. The molecule has 4 rings (SSSR count). The number of amides is 1. The molecule has 8 nitrogen and oxygen atoms in total. The number of nitrogens with zero attached hydrogens (tertiary/aromatic N) is 4. The van der Waals surface area contributed by atoms with Crippen molar-refractivity contribution in [3.05, 3.63) is 73.9 Å². The van der Waals surface area contributed by atoms with Crippen LogP contribution in [-0.2, 0) is 11.2 Å². The quantitative estimate of drug-likeness (QED) is 0.737. The first-order chi connectivity index (χ1) is 13.9. The summed E-state index contributed by atoms with van der Waals surface area (Å²) in [5.41, 5.74) is 2.14. The molecule has 9 heteroatoms. The summed E-state index contributed by atoms with van der Waals surface area (Å²) in [4.78, 5) is 37.3. The van der Waals surface area contributed by atoms with Gasteiger partial charge in [0, 0.05) is 34.7 Å². The molecule has 29 heavy (non-hydrogen) atoms. The van der Waals surface area contributed by atoms with Gasteiger partial charge in [-0.1, -0.05) is 22.0 Å². The van der Waals surface area contributed by atoms with Crippen LogP contribution in [0.4, 0.5) is 0 Å². The molecule has 1 aliphatic heterocycles. The Balaban J connectivity index is 1.52. The number of H-pyrrole nitrogens is 1. The SMILES string of the molecule is N#Cc1cnc(-c2ncc(CC(=O)N3C=C4CC=C(Br)C=C4C3)c(=O)[nH]2)c(O)c1. The van der Waals surface area contributed by atoms with E-state index in [2.05, 4.69) is 30.9 Å². The number of carbonyl (C=O) groups excluding carboxylic acids is 1. The van der Waals surface area contributed by atoms with E-state index in [1.165, 1.54) is 18.5 Å². The van der Waals surface area contributed by atoms with E-state index in [1.54, 1.807) is 4.90 Å². The van der Waals surface area contributed by atoms with Crippen molar-refractivity contribution in [1.29, 1.82) is 5.26 Å². The minimum Gasteiger partial charge on any atom is -0.505 e. The molecular formula is C20H14BrN5O3. The van der Waals surface area contributed by atoms with E-state index in [-0.39, 0.29) is 40.7 Å². The zero-order valence-electron chi connectivity index (χ0n) is 15.0. The standard InChI is InChI=1S/C20H14BrN5O3/c21-15-2-1-12-9-26(10-14(12)4-15)17(28)5-13-8-24-19(25-20(13)29)18-16(27)3-11(6-22)7-23-18/h2-4,7-9,27H,1,5,10H2,(H,24,25,29). The number of carbonyl (C=O) groups is 1. The Morgan fingerprint density at radius 3 is 2.90 bits per heavy atom. The third kappa shape index (κ3) is 3.75. The van der Waals surface area contributed by atoms with Gasteiger partial charge < -0.3 is 15.0 Å². The molecule has 0 spiro atoms. The van der Waals surface area contributed by atoms with Crippen molar-refractivity contribution in [2.45, 2.75) is 12.8 Å². The predicted molar refractivity (Wildman–Crippen MR) is 108 cm³/mol. The highest BCUT2D eigenvalue weighted by Crippen LogP contribution is 2.31. The molecule has 0 atom stereocenters. The van der Waals surface area contributed by atoms with Crippen molar-refractivity contribution in [3.8, 4) is 23.3 Å². The van der Waals surface area contributed by atoms with Crippen LogP contribution in [-0.4, -0.2) is 37.4 Å². The first kappa shape index (κ1) is 18.8.